The molecule has 1 heterocycles. The van der Waals surface area contributed by atoms with Gasteiger partial charge in [0.25, 0.3) is 5.91 Å². The molecule has 0 spiro atoms. The van der Waals surface area contributed by atoms with Gasteiger partial charge in [-0.1, -0.05) is 13.0 Å². The van der Waals surface area contributed by atoms with E-state index in [0.717, 1.165) is 0 Å². The van der Waals surface area contributed by atoms with Gasteiger partial charge in [-0.05, 0) is 26.1 Å². The smallest absolute Gasteiger partial charge is 0.311 e. The van der Waals surface area contributed by atoms with E-state index in [-0.39, 0.29) is 17.5 Å². The summed E-state index contributed by atoms with van der Waals surface area (Å²) in [6.07, 6.45) is 0. The predicted molar refractivity (Wildman–Crippen MR) is 77.3 cm³/mol. The molecule has 1 aliphatic heterocycles. The van der Waals surface area contributed by atoms with Crippen LogP contribution in [-0.4, -0.2) is 59.0 Å². The van der Waals surface area contributed by atoms with E-state index in [1.165, 1.54) is 18.2 Å². The summed E-state index contributed by atoms with van der Waals surface area (Å²) in [5.41, 5.74) is -0.465. The number of nitrogens with zero attached hydrogens (tertiary/aromatic N) is 3. The van der Waals surface area contributed by atoms with Crippen LogP contribution < -0.4 is 0 Å². The maximum atomic E-state index is 12.5. The zero-order chi connectivity index (χ0) is 15.7. The molecule has 7 heteroatoms. The van der Waals surface area contributed by atoms with Crippen LogP contribution in [0.4, 0.5) is 5.69 Å². The monoisotopic (exact) mass is 293 g/mol. The molecule has 1 saturated heterocycles. The third-order valence-corrected chi connectivity index (χ3v) is 3.96. The second-order valence-corrected chi connectivity index (χ2v) is 5.65. The van der Waals surface area contributed by atoms with Crippen molar-refractivity contribution in [1.82, 2.24) is 9.80 Å². The molecule has 2 unspecified atom stereocenters. The maximum Gasteiger partial charge on any atom is 0.311 e. The Kier molecular flexibility index (Phi) is 4.13. The minimum Gasteiger partial charge on any atom is -0.502 e. The lowest BCUT2D eigenvalue weighted by Crippen LogP contribution is -2.35. The number of para-hydroxylation sites is 1. The number of nitro groups is 1. The first-order valence-corrected chi connectivity index (χ1v) is 6.75. The first kappa shape index (κ1) is 15.2. The molecule has 2 atom stereocenters. The number of hydrogen-bond acceptors (Lipinski definition) is 5. The Hall–Kier alpha value is -2.15. The first-order valence-electron chi connectivity index (χ1n) is 6.75. The first-order chi connectivity index (χ1) is 9.82. The highest BCUT2D eigenvalue weighted by molar-refractivity contribution is 5.98. The van der Waals surface area contributed by atoms with Gasteiger partial charge in [-0.25, -0.2) is 0 Å². The van der Waals surface area contributed by atoms with E-state index in [4.69, 9.17) is 0 Å². The average Bonchev–Trinajstić information content (AvgIpc) is 2.80. The fourth-order valence-electron chi connectivity index (χ4n) is 2.81. The number of hydrogen-bond donors (Lipinski definition) is 1. The lowest BCUT2D eigenvalue weighted by molar-refractivity contribution is -0.385. The van der Waals surface area contributed by atoms with Crippen molar-refractivity contribution in [3.05, 3.63) is 33.9 Å². The average molecular weight is 293 g/mol. The van der Waals surface area contributed by atoms with Crippen LogP contribution in [-0.2, 0) is 0 Å². The summed E-state index contributed by atoms with van der Waals surface area (Å²) < 4.78 is 0. The Morgan fingerprint density at radius 2 is 2.10 bits per heavy atom. The normalized spacial score (nSPS) is 21.8. The van der Waals surface area contributed by atoms with Gasteiger partial charge in [-0.15, -0.1) is 0 Å². The van der Waals surface area contributed by atoms with Gasteiger partial charge in [0, 0.05) is 25.2 Å². The van der Waals surface area contributed by atoms with Crippen LogP contribution in [0.3, 0.4) is 0 Å². The highest BCUT2D eigenvalue weighted by Crippen LogP contribution is 2.31. The van der Waals surface area contributed by atoms with Gasteiger partial charge in [0.05, 0.1) is 10.5 Å². The molecule has 1 amide bonds. The maximum absolute atomic E-state index is 12.5. The summed E-state index contributed by atoms with van der Waals surface area (Å²) in [4.78, 5) is 26.3. The van der Waals surface area contributed by atoms with E-state index in [2.05, 4.69) is 11.8 Å². The molecule has 1 aromatic rings. The van der Waals surface area contributed by atoms with Crippen molar-refractivity contribution in [3.63, 3.8) is 0 Å². The molecule has 7 nitrogen and oxygen atoms in total. The van der Waals surface area contributed by atoms with Crippen LogP contribution in [0.2, 0.25) is 0 Å². The molecular weight excluding hydrogens is 274 g/mol. The van der Waals surface area contributed by atoms with Crippen LogP contribution in [0, 0.1) is 16.0 Å². The minimum atomic E-state index is -0.693. The second-order valence-electron chi connectivity index (χ2n) is 5.65. The number of likely N-dealkylation sites (tertiary alicyclic amines) is 1. The topological polar surface area (TPSA) is 86.9 Å². The number of benzene rings is 1. The molecule has 0 bridgehead atoms. The lowest BCUT2D eigenvalue weighted by atomic mass is 10.1. The summed E-state index contributed by atoms with van der Waals surface area (Å²) in [5.74, 6) is -0.620. The van der Waals surface area contributed by atoms with Crippen molar-refractivity contribution < 1.29 is 14.8 Å². The van der Waals surface area contributed by atoms with E-state index in [9.17, 15) is 20.0 Å². The molecule has 114 valence electrons. The molecule has 1 fully saturated rings. The zero-order valence-electron chi connectivity index (χ0n) is 12.3. The molecule has 1 aliphatic rings. The molecular formula is C14H19N3O4. The Balaban J connectivity index is 2.26. The van der Waals surface area contributed by atoms with E-state index in [0.29, 0.717) is 19.0 Å². The van der Waals surface area contributed by atoms with Gasteiger partial charge in [0.1, 0.15) is 0 Å². The molecule has 0 aliphatic carbocycles. The zero-order valence-corrected chi connectivity index (χ0v) is 12.3. The van der Waals surface area contributed by atoms with Gasteiger partial charge in [-0.3, -0.25) is 14.9 Å². The van der Waals surface area contributed by atoms with Crippen LogP contribution in [0.15, 0.2) is 18.2 Å². The van der Waals surface area contributed by atoms with E-state index < -0.39 is 16.4 Å². The Morgan fingerprint density at radius 1 is 1.43 bits per heavy atom. The molecule has 21 heavy (non-hydrogen) atoms. The Bertz CT molecular complexity index is 573. The Morgan fingerprint density at radius 3 is 2.62 bits per heavy atom. The highest BCUT2D eigenvalue weighted by Gasteiger charge is 2.35. The SMILES string of the molecule is CC1CN(C(=O)c2cccc([N+](=O)[O-])c2O)CC1N(C)C. The summed E-state index contributed by atoms with van der Waals surface area (Å²) in [6.45, 7) is 3.18. The largest absolute Gasteiger partial charge is 0.502 e. The minimum absolute atomic E-state index is 0.0178. The fourth-order valence-corrected chi connectivity index (χ4v) is 2.81. The lowest BCUT2D eigenvalue weighted by Gasteiger charge is -2.22. The van der Waals surface area contributed by atoms with Crippen LogP contribution >= 0.6 is 0 Å². The van der Waals surface area contributed by atoms with Crippen LogP contribution in [0.1, 0.15) is 17.3 Å². The number of nitro benzene ring substituents is 1. The van der Waals surface area contributed by atoms with Crippen LogP contribution in [0.25, 0.3) is 0 Å². The van der Waals surface area contributed by atoms with Crippen molar-refractivity contribution in [1.29, 1.82) is 0 Å². The number of phenolic OH excluding ortho intramolecular Hbond substituents is 1. The van der Waals surface area contributed by atoms with Crippen LogP contribution in [0.5, 0.6) is 5.75 Å². The summed E-state index contributed by atoms with van der Waals surface area (Å²) >= 11 is 0. The van der Waals surface area contributed by atoms with Gasteiger partial charge in [0.2, 0.25) is 5.75 Å². The van der Waals surface area contributed by atoms with Gasteiger partial charge in [0.15, 0.2) is 0 Å². The van der Waals surface area contributed by atoms with Crippen molar-refractivity contribution in [2.75, 3.05) is 27.2 Å². The molecule has 0 saturated carbocycles. The molecule has 1 aromatic carbocycles. The number of likely N-dealkylation sites (N-methyl/N-ethyl adjacent to an activating group) is 1. The summed E-state index contributed by atoms with van der Waals surface area (Å²) in [5, 5.41) is 20.8. The highest BCUT2D eigenvalue weighted by atomic mass is 16.6. The van der Waals surface area contributed by atoms with Gasteiger partial charge < -0.3 is 14.9 Å². The number of aromatic hydroxyl groups is 1. The van der Waals surface area contributed by atoms with E-state index in [1.54, 1.807) is 4.90 Å². The number of carbonyl (C=O) groups excluding carboxylic acids is 1. The second kappa shape index (κ2) is 5.69. The van der Waals surface area contributed by atoms with Crippen molar-refractivity contribution in [2.45, 2.75) is 13.0 Å². The van der Waals surface area contributed by atoms with E-state index in [1.807, 2.05) is 14.1 Å². The number of phenols is 1. The van der Waals surface area contributed by atoms with E-state index >= 15 is 0 Å². The predicted octanol–water partition coefficient (Wildman–Crippen LogP) is 1.32. The summed E-state index contributed by atoms with van der Waals surface area (Å²) in [6, 6.07) is 4.25. The fraction of sp³-hybridized carbons (Fsp3) is 0.500. The number of amides is 1. The van der Waals surface area contributed by atoms with Gasteiger partial charge >= 0.3 is 5.69 Å². The summed E-state index contributed by atoms with van der Waals surface area (Å²) in [7, 11) is 3.92. The molecule has 0 radical (unpaired) electrons. The third kappa shape index (κ3) is 2.82. The standard InChI is InChI=1S/C14H19N3O4/c1-9-7-16(8-12(9)15(2)3)14(19)10-5-4-6-11(13(10)18)17(20)21/h4-6,9,12,18H,7-8H2,1-3H3. The van der Waals surface area contributed by atoms with Crippen molar-refractivity contribution in [3.8, 4) is 5.75 Å². The van der Waals surface area contributed by atoms with Crippen molar-refractivity contribution >= 4 is 11.6 Å². The van der Waals surface area contributed by atoms with Crippen molar-refractivity contribution in [2.24, 2.45) is 5.92 Å². The molecule has 0 aromatic heterocycles. The van der Waals surface area contributed by atoms with Gasteiger partial charge in [-0.2, -0.15) is 0 Å². The number of carbonyl (C=O) groups is 1. The molecule has 1 N–H and O–H groups in total. The number of rotatable bonds is 3. The molecule has 2 rings (SSSR count). The Labute approximate surface area is 122 Å². The quantitative estimate of drug-likeness (QED) is 0.671. The third-order valence-electron chi connectivity index (χ3n) is 3.96.